The van der Waals surface area contributed by atoms with Crippen molar-refractivity contribution >= 4 is 17.4 Å². The van der Waals surface area contributed by atoms with Crippen LogP contribution in [0.3, 0.4) is 0 Å². The Kier molecular flexibility index (Phi) is 3.07. The lowest BCUT2D eigenvalue weighted by atomic mass is 10.2. The van der Waals surface area contributed by atoms with E-state index in [0.717, 1.165) is 18.9 Å². The summed E-state index contributed by atoms with van der Waals surface area (Å²) >= 11 is 5.69. The molecule has 0 amide bonds. The van der Waals surface area contributed by atoms with Gasteiger partial charge in [0.25, 0.3) is 0 Å². The van der Waals surface area contributed by atoms with E-state index in [0.29, 0.717) is 5.15 Å². The number of rotatable bonds is 1. The van der Waals surface area contributed by atoms with Gasteiger partial charge in [0.15, 0.2) is 11.0 Å². The van der Waals surface area contributed by atoms with Crippen LogP contribution < -0.4 is 4.90 Å². The van der Waals surface area contributed by atoms with Crippen molar-refractivity contribution in [3.05, 3.63) is 17.3 Å². The van der Waals surface area contributed by atoms with Gasteiger partial charge >= 0.3 is 0 Å². The van der Waals surface area contributed by atoms with Crippen molar-refractivity contribution in [2.45, 2.75) is 26.1 Å². The van der Waals surface area contributed by atoms with Crippen molar-refractivity contribution in [3.8, 4) is 0 Å². The summed E-state index contributed by atoms with van der Waals surface area (Å²) in [6.45, 7) is 5.82. The number of nitrogens with zero attached hydrogens (tertiary/aromatic N) is 3. The van der Waals surface area contributed by atoms with E-state index in [9.17, 15) is 0 Å². The van der Waals surface area contributed by atoms with Gasteiger partial charge in [0.1, 0.15) is 0 Å². The maximum Gasteiger partial charge on any atom is 0.151 e. The van der Waals surface area contributed by atoms with Crippen LogP contribution in [0.2, 0.25) is 5.15 Å². The van der Waals surface area contributed by atoms with Crippen LogP contribution in [-0.4, -0.2) is 35.5 Å². The molecule has 1 aromatic heterocycles. The van der Waals surface area contributed by atoms with Crippen molar-refractivity contribution in [1.29, 1.82) is 0 Å². The lowest BCUT2D eigenvalue weighted by Gasteiger charge is -2.35. The molecular weight excluding hydrogens is 214 g/mol. The molecule has 5 heteroatoms. The van der Waals surface area contributed by atoms with Gasteiger partial charge in [-0.2, -0.15) is 0 Å². The van der Waals surface area contributed by atoms with Crippen molar-refractivity contribution in [1.82, 2.24) is 10.2 Å². The van der Waals surface area contributed by atoms with Gasteiger partial charge in [-0.05, 0) is 26.0 Å². The first-order valence-corrected chi connectivity index (χ1v) is 5.42. The fraction of sp³-hybridized carbons (Fsp3) is 0.600. The number of halogens is 1. The molecule has 1 fully saturated rings. The number of morpholine rings is 1. The summed E-state index contributed by atoms with van der Waals surface area (Å²) in [5.41, 5.74) is 0. The predicted molar refractivity (Wildman–Crippen MR) is 59.3 cm³/mol. The zero-order valence-electron chi connectivity index (χ0n) is 8.85. The van der Waals surface area contributed by atoms with Gasteiger partial charge in [0.05, 0.1) is 12.2 Å². The average molecular weight is 228 g/mol. The molecule has 0 aliphatic carbocycles. The topological polar surface area (TPSA) is 38.2 Å². The molecule has 2 rings (SSSR count). The van der Waals surface area contributed by atoms with E-state index in [2.05, 4.69) is 28.9 Å². The SMILES string of the molecule is C[C@H]1CN(c2ccc(Cl)nn2)C[C@H](C)O1. The highest BCUT2D eigenvalue weighted by Crippen LogP contribution is 2.18. The monoisotopic (exact) mass is 227 g/mol. The van der Waals surface area contributed by atoms with E-state index >= 15 is 0 Å². The molecule has 15 heavy (non-hydrogen) atoms. The fourth-order valence-corrected chi connectivity index (χ4v) is 1.94. The van der Waals surface area contributed by atoms with E-state index in [1.54, 1.807) is 6.07 Å². The molecule has 0 bridgehead atoms. The maximum absolute atomic E-state index is 5.69. The number of anilines is 1. The summed E-state index contributed by atoms with van der Waals surface area (Å²) in [5, 5.41) is 8.32. The van der Waals surface area contributed by atoms with E-state index in [-0.39, 0.29) is 12.2 Å². The molecular formula is C10H14ClN3O. The Hall–Kier alpha value is -0.870. The average Bonchev–Trinajstić information content (AvgIpc) is 2.17. The second kappa shape index (κ2) is 4.33. The highest BCUT2D eigenvalue weighted by atomic mass is 35.5. The zero-order valence-corrected chi connectivity index (χ0v) is 9.61. The molecule has 2 heterocycles. The van der Waals surface area contributed by atoms with Crippen LogP contribution in [0.5, 0.6) is 0 Å². The minimum absolute atomic E-state index is 0.228. The van der Waals surface area contributed by atoms with E-state index < -0.39 is 0 Å². The number of aromatic nitrogens is 2. The fourth-order valence-electron chi connectivity index (χ4n) is 1.84. The molecule has 0 spiro atoms. The summed E-state index contributed by atoms with van der Waals surface area (Å²) in [7, 11) is 0. The maximum atomic E-state index is 5.69. The van der Waals surface area contributed by atoms with Crippen LogP contribution in [0.15, 0.2) is 12.1 Å². The number of hydrogen-bond donors (Lipinski definition) is 0. The molecule has 2 atom stereocenters. The third kappa shape index (κ3) is 2.58. The van der Waals surface area contributed by atoms with Crippen molar-refractivity contribution < 1.29 is 4.74 Å². The quantitative estimate of drug-likeness (QED) is 0.733. The van der Waals surface area contributed by atoms with Crippen LogP contribution >= 0.6 is 11.6 Å². The number of hydrogen-bond acceptors (Lipinski definition) is 4. The molecule has 1 aliphatic heterocycles. The summed E-state index contributed by atoms with van der Waals surface area (Å²) < 4.78 is 5.65. The minimum atomic E-state index is 0.228. The molecule has 0 radical (unpaired) electrons. The van der Waals surface area contributed by atoms with Gasteiger partial charge < -0.3 is 9.64 Å². The molecule has 1 aliphatic rings. The van der Waals surface area contributed by atoms with Crippen molar-refractivity contribution in [2.24, 2.45) is 0 Å². The highest BCUT2D eigenvalue weighted by molar-refractivity contribution is 6.29. The Morgan fingerprint density at radius 1 is 1.27 bits per heavy atom. The van der Waals surface area contributed by atoms with Crippen LogP contribution in [-0.2, 0) is 4.74 Å². The Morgan fingerprint density at radius 3 is 2.47 bits per heavy atom. The smallest absolute Gasteiger partial charge is 0.151 e. The standard InChI is InChI=1S/C10H14ClN3O/c1-7-5-14(6-8(2)15-7)10-4-3-9(11)12-13-10/h3-4,7-8H,5-6H2,1-2H3/t7-,8-/m0/s1. The third-order valence-corrected chi connectivity index (χ3v) is 2.56. The Morgan fingerprint density at radius 2 is 1.93 bits per heavy atom. The molecule has 0 N–H and O–H groups in total. The van der Waals surface area contributed by atoms with Crippen LogP contribution in [0.4, 0.5) is 5.82 Å². The van der Waals surface area contributed by atoms with Gasteiger partial charge in [-0.3, -0.25) is 0 Å². The Balaban J connectivity index is 2.12. The van der Waals surface area contributed by atoms with Gasteiger partial charge in [-0.25, -0.2) is 0 Å². The summed E-state index contributed by atoms with van der Waals surface area (Å²) in [6.07, 6.45) is 0.456. The molecule has 0 saturated carbocycles. The van der Waals surface area contributed by atoms with Crippen LogP contribution in [0, 0.1) is 0 Å². The summed E-state index contributed by atoms with van der Waals surface area (Å²) in [6, 6.07) is 3.65. The van der Waals surface area contributed by atoms with Crippen LogP contribution in [0.25, 0.3) is 0 Å². The molecule has 1 aromatic rings. The van der Waals surface area contributed by atoms with Gasteiger partial charge in [-0.1, -0.05) is 11.6 Å². The Labute approximate surface area is 94.2 Å². The van der Waals surface area contributed by atoms with Gasteiger partial charge in [0.2, 0.25) is 0 Å². The third-order valence-electron chi connectivity index (χ3n) is 2.36. The lowest BCUT2D eigenvalue weighted by molar-refractivity contribution is -0.00550. The van der Waals surface area contributed by atoms with Gasteiger partial charge in [-0.15, -0.1) is 10.2 Å². The van der Waals surface area contributed by atoms with Crippen molar-refractivity contribution in [2.75, 3.05) is 18.0 Å². The zero-order chi connectivity index (χ0) is 10.8. The highest BCUT2D eigenvalue weighted by Gasteiger charge is 2.23. The molecule has 0 unspecified atom stereocenters. The lowest BCUT2D eigenvalue weighted by Crippen LogP contribution is -2.45. The predicted octanol–water partition coefficient (Wildman–Crippen LogP) is 1.74. The molecule has 0 aromatic carbocycles. The second-order valence-electron chi connectivity index (χ2n) is 3.88. The van der Waals surface area contributed by atoms with Crippen molar-refractivity contribution in [3.63, 3.8) is 0 Å². The molecule has 82 valence electrons. The van der Waals surface area contributed by atoms with E-state index in [4.69, 9.17) is 16.3 Å². The number of ether oxygens (including phenoxy) is 1. The molecule has 4 nitrogen and oxygen atoms in total. The van der Waals surface area contributed by atoms with Gasteiger partial charge in [0, 0.05) is 13.1 Å². The first kappa shape index (κ1) is 10.6. The molecule has 1 saturated heterocycles. The second-order valence-corrected chi connectivity index (χ2v) is 4.26. The van der Waals surface area contributed by atoms with Crippen LogP contribution in [0.1, 0.15) is 13.8 Å². The minimum Gasteiger partial charge on any atom is -0.372 e. The Bertz CT molecular complexity index is 320. The van der Waals surface area contributed by atoms with E-state index in [1.807, 2.05) is 6.07 Å². The first-order chi connectivity index (χ1) is 7.15. The largest absolute Gasteiger partial charge is 0.372 e. The first-order valence-electron chi connectivity index (χ1n) is 5.05. The summed E-state index contributed by atoms with van der Waals surface area (Å²) in [4.78, 5) is 2.17. The summed E-state index contributed by atoms with van der Waals surface area (Å²) in [5.74, 6) is 0.862. The normalized spacial score (nSPS) is 26.7. The van der Waals surface area contributed by atoms with E-state index in [1.165, 1.54) is 0 Å².